The first-order valence-electron chi connectivity index (χ1n) is 4.61. The summed E-state index contributed by atoms with van der Waals surface area (Å²) < 4.78 is 4.42. The SMILES string of the molecule is COC(=O)CSCCC(NC(C)=O)C(=O)O. The molecule has 1 atom stereocenters. The summed E-state index contributed by atoms with van der Waals surface area (Å²) in [5.41, 5.74) is 0. The van der Waals surface area contributed by atoms with Crippen LogP contribution in [0.3, 0.4) is 0 Å². The van der Waals surface area contributed by atoms with E-state index >= 15 is 0 Å². The third-order valence-corrected chi connectivity index (χ3v) is 2.64. The summed E-state index contributed by atoms with van der Waals surface area (Å²) in [7, 11) is 1.29. The van der Waals surface area contributed by atoms with E-state index in [1.165, 1.54) is 25.8 Å². The predicted octanol–water partition coefficient (Wildman–Crippen LogP) is -0.128. The van der Waals surface area contributed by atoms with Gasteiger partial charge in [0.1, 0.15) is 6.04 Å². The van der Waals surface area contributed by atoms with Crippen molar-refractivity contribution in [3.63, 3.8) is 0 Å². The van der Waals surface area contributed by atoms with E-state index in [1.54, 1.807) is 0 Å². The lowest BCUT2D eigenvalue weighted by Gasteiger charge is -2.12. The zero-order valence-electron chi connectivity index (χ0n) is 9.19. The van der Waals surface area contributed by atoms with Gasteiger partial charge in [0.05, 0.1) is 12.9 Å². The van der Waals surface area contributed by atoms with Crippen molar-refractivity contribution in [3.8, 4) is 0 Å². The van der Waals surface area contributed by atoms with Crippen LogP contribution in [0.2, 0.25) is 0 Å². The highest BCUT2D eigenvalue weighted by atomic mass is 32.2. The number of methoxy groups -OCH3 is 1. The van der Waals surface area contributed by atoms with E-state index in [-0.39, 0.29) is 24.1 Å². The van der Waals surface area contributed by atoms with Gasteiger partial charge in [-0.2, -0.15) is 11.8 Å². The third kappa shape index (κ3) is 7.10. The maximum absolute atomic E-state index is 10.7. The smallest absolute Gasteiger partial charge is 0.326 e. The Balaban J connectivity index is 3.81. The summed E-state index contributed by atoms with van der Waals surface area (Å²) in [5.74, 6) is -1.16. The molecule has 0 spiro atoms. The second kappa shape index (κ2) is 7.98. The Kier molecular flexibility index (Phi) is 7.36. The second-order valence-electron chi connectivity index (χ2n) is 3.01. The summed E-state index contributed by atoms with van der Waals surface area (Å²) in [4.78, 5) is 32.1. The molecule has 0 aliphatic carbocycles. The number of carbonyl (C=O) groups excluding carboxylic acids is 2. The lowest BCUT2D eigenvalue weighted by atomic mass is 10.2. The maximum Gasteiger partial charge on any atom is 0.326 e. The molecule has 0 fully saturated rings. The highest BCUT2D eigenvalue weighted by Gasteiger charge is 2.17. The van der Waals surface area contributed by atoms with Gasteiger partial charge in [-0.25, -0.2) is 4.79 Å². The molecule has 0 heterocycles. The molecule has 0 saturated heterocycles. The van der Waals surface area contributed by atoms with Crippen LogP contribution in [0.4, 0.5) is 0 Å². The summed E-state index contributed by atoms with van der Waals surface area (Å²) in [6.07, 6.45) is 0.274. The van der Waals surface area contributed by atoms with Crippen LogP contribution in [0.5, 0.6) is 0 Å². The van der Waals surface area contributed by atoms with Gasteiger partial charge in [-0.15, -0.1) is 0 Å². The van der Waals surface area contributed by atoms with Gasteiger partial charge < -0.3 is 15.2 Å². The number of aliphatic carboxylic acids is 1. The lowest BCUT2D eigenvalue weighted by molar-refractivity contribution is -0.141. The van der Waals surface area contributed by atoms with Crippen molar-refractivity contribution < 1.29 is 24.2 Å². The van der Waals surface area contributed by atoms with Crippen LogP contribution in [-0.2, 0) is 19.1 Å². The van der Waals surface area contributed by atoms with Crippen molar-refractivity contribution in [1.82, 2.24) is 5.32 Å². The van der Waals surface area contributed by atoms with Gasteiger partial charge in [0.25, 0.3) is 0 Å². The van der Waals surface area contributed by atoms with E-state index in [0.717, 1.165) is 0 Å². The van der Waals surface area contributed by atoms with Gasteiger partial charge >= 0.3 is 11.9 Å². The molecule has 2 N–H and O–H groups in total. The largest absolute Gasteiger partial charge is 0.480 e. The number of carbonyl (C=O) groups is 3. The molecule has 0 aromatic rings. The van der Waals surface area contributed by atoms with Gasteiger partial charge in [-0.1, -0.05) is 0 Å². The van der Waals surface area contributed by atoms with E-state index < -0.39 is 12.0 Å². The van der Waals surface area contributed by atoms with Crippen molar-refractivity contribution in [1.29, 1.82) is 0 Å². The number of carboxylic acid groups (broad SMARTS) is 1. The fourth-order valence-corrected chi connectivity index (χ4v) is 1.75. The van der Waals surface area contributed by atoms with Crippen LogP contribution in [0.15, 0.2) is 0 Å². The Morgan fingerprint density at radius 3 is 2.50 bits per heavy atom. The highest BCUT2D eigenvalue weighted by molar-refractivity contribution is 7.99. The molecule has 1 amide bonds. The minimum Gasteiger partial charge on any atom is -0.480 e. The maximum atomic E-state index is 10.7. The predicted molar refractivity (Wildman–Crippen MR) is 59.2 cm³/mol. The van der Waals surface area contributed by atoms with E-state index in [9.17, 15) is 14.4 Å². The number of amides is 1. The van der Waals surface area contributed by atoms with Crippen molar-refractivity contribution in [2.45, 2.75) is 19.4 Å². The molecule has 1 unspecified atom stereocenters. The van der Waals surface area contributed by atoms with E-state index in [2.05, 4.69) is 10.1 Å². The molecule has 0 bridgehead atoms. The summed E-state index contributed by atoms with van der Waals surface area (Å²) in [6, 6.07) is -0.900. The number of hydrogen-bond acceptors (Lipinski definition) is 5. The molecule has 0 aromatic carbocycles. The number of esters is 1. The fraction of sp³-hybridized carbons (Fsp3) is 0.667. The van der Waals surface area contributed by atoms with Crippen molar-refractivity contribution in [2.24, 2.45) is 0 Å². The topological polar surface area (TPSA) is 92.7 Å². The molecule has 0 rings (SSSR count). The first-order chi connectivity index (χ1) is 7.47. The number of carboxylic acids is 1. The van der Waals surface area contributed by atoms with Crippen LogP contribution in [0.1, 0.15) is 13.3 Å². The molecule has 16 heavy (non-hydrogen) atoms. The van der Waals surface area contributed by atoms with Crippen LogP contribution in [0.25, 0.3) is 0 Å². The van der Waals surface area contributed by atoms with E-state index in [0.29, 0.717) is 5.75 Å². The first-order valence-corrected chi connectivity index (χ1v) is 5.77. The third-order valence-electron chi connectivity index (χ3n) is 1.67. The average molecular weight is 249 g/mol. The Morgan fingerprint density at radius 1 is 1.44 bits per heavy atom. The first kappa shape index (κ1) is 14.8. The van der Waals surface area contributed by atoms with Crippen LogP contribution in [-0.4, -0.2) is 47.6 Å². The van der Waals surface area contributed by atoms with E-state index in [1.807, 2.05) is 0 Å². The Labute approximate surface area is 97.7 Å². The Bertz CT molecular complexity index is 269. The average Bonchev–Trinajstić information content (AvgIpc) is 2.21. The molecule has 92 valence electrons. The molecule has 0 aromatic heterocycles. The molecule has 6 nitrogen and oxygen atoms in total. The number of ether oxygens (including phenoxy) is 1. The molecule has 0 aliphatic rings. The number of hydrogen-bond donors (Lipinski definition) is 2. The number of rotatable bonds is 7. The fourth-order valence-electron chi connectivity index (χ4n) is 0.918. The number of thioether (sulfide) groups is 1. The summed E-state index contributed by atoms with van der Waals surface area (Å²) >= 11 is 1.27. The van der Waals surface area contributed by atoms with Gasteiger partial charge in [0.15, 0.2) is 0 Å². The molecule has 0 saturated carbocycles. The Morgan fingerprint density at radius 2 is 2.06 bits per heavy atom. The lowest BCUT2D eigenvalue weighted by Crippen LogP contribution is -2.39. The van der Waals surface area contributed by atoms with Crippen molar-refractivity contribution >= 4 is 29.6 Å². The second-order valence-corrected chi connectivity index (χ2v) is 4.11. The molecule has 0 aliphatic heterocycles. The van der Waals surface area contributed by atoms with E-state index in [4.69, 9.17) is 5.11 Å². The molecular formula is C9H15NO5S. The number of nitrogens with one attached hydrogen (secondary N) is 1. The monoisotopic (exact) mass is 249 g/mol. The zero-order valence-corrected chi connectivity index (χ0v) is 10.0. The summed E-state index contributed by atoms with van der Waals surface area (Å²) in [6.45, 7) is 1.26. The molecule has 7 heteroatoms. The molecule has 0 radical (unpaired) electrons. The summed E-state index contributed by atoms with van der Waals surface area (Å²) in [5, 5.41) is 11.1. The van der Waals surface area contributed by atoms with Gasteiger partial charge in [-0.3, -0.25) is 9.59 Å². The Hall–Kier alpha value is -1.24. The van der Waals surface area contributed by atoms with Crippen molar-refractivity contribution in [2.75, 3.05) is 18.6 Å². The molecular weight excluding hydrogens is 234 g/mol. The van der Waals surface area contributed by atoms with Gasteiger partial charge in [0.2, 0.25) is 5.91 Å². The van der Waals surface area contributed by atoms with Crippen LogP contribution >= 0.6 is 11.8 Å². The minimum absolute atomic E-state index is 0.183. The minimum atomic E-state index is -1.08. The zero-order chi connectivity index (χ0) is 12.6. The van der Waals surface area contributed by atoms with Crippen molar-refractivity contribution in [3.05, 3.63) is 0 Å². The quantitative estimate of drug-likeness (QED) is 0.482. The van der Waals surface area contributed by atoms with Crippen LogP contribution in [0, 0.1) is 0 Å². The van der Waals surface area contributed by atoms with Gasteiger partial charge in [-0.05, 0) is 12.2 Å². The van der Waals surface area contributed by atoms with Crippen LogP contribution < -0.4 is 5.32 Å². The van der Waals surface area contributed by atoms with Gasteiger partial charge in [0, 0.05) is 6.92 Å². The highest BCUT2D eigenvalue weighted by Crippen LogP contribution is 2.05. The standard InChI is InChI=1S/C9H15NO5S/c1-6(11)10-7(9(13)14)3-4-16-5-8(12)15-2/h7H,3-5H2,1-2H3,(H,10,11)(H,13,14). The normalized spacial score (nSPS) is 11.6.